The molecule has 0 unspecified atom stereocenters. The summed E-state index contributed by atoms with van der Waals surface area (Å²) in [5.74, 6) is 0.522. The Morgan fingerprint density at radius 1 is 1.07 bits per heavy atom. The van der Waals surface area contributed by atoms with E-state index in [1.165, 1.54) is 38.5 Å². The summed E-state index contributed by atoms with van der Waals surface area (Å²) in [5.41, 5.74) is 0.484. The molecule has 0 aromatic heterocycles. The van der Waals surface area contributed by atoms with Crippen LogP contribution in [0, 0.1) is 0 Å². The van der Waals surface area contributed by atoms with E-state index < -0.39 is 0 Å². The van der Waals surface area contributed by atoms with Crippen molar-refractivity contribution in [3.8, 4) is 0 Å². The summed E-state index contributed by atoms with van der Waals surface area (Å²) in [6, 6.07) is 7.01. The van der Waals surface area contributed by atoms with Gasteiger partial charge in [-0.05, 0) is 25.0 Å². The molecule has 7 heteroatoms. The maximum atomic E-state index is 12.1. The summed E-state index contributed by atoms with van der Waals surface area (Å²) in [6.07, 6.45) is 7.99. The molecule has 6 nitrogen and oxygen atoms in total. The van der Waals surface area contributed by atoms with Crippen molar-refractivity contribution < 1.29 is 9.53 Å². The highest BCUT2D eigenvalue weighted by molar-refractivity contribution is 6.33. The molecular formula is C20H31ClN4O2. The van der Waals surface area contributed by atoms with Gasteiger partial charge in [-0.1, -0.05) is 49.4 Å². The van der Waals surface area contributed by atoms with Gasteiger partial charge in [-0.15, -0.1) is 0 Å². The highest BCUT2D eigenvalue weighted by Crippen LogP contribution is 2.19. The van der Waals surface area contributed by atoms with Gasteiger partial charge in [-0.25, -0.2) is 0 Å². The minimum Gasteiger partial charge on any atom is -0.376 e. The number of ether oxygens (including phenoxy) is 1. The average Bonchev–Trinajstić information content (AvgIpc) is 2.95. The fourth-order valence-electron chi connectivity index (χ4n) is 3.12. The smallest absolute Gasteiger partial charge is 0.252 e. The van der Waals surface area contributed by atoms with E-state index in [0.717, 1.165) is 0 Å². The van der Waals surface area contributed by atoms with Crippen molar-refractivity contribution in [2.24, 2.45) is 4.99 Å². The summed E-state index contributed by atoms with van der Waals surface area (Å²) >= 11 is 6.02. The Hall–Kier alpha value is -1.79. The predicted molar refractivity (Wildman–Crippen MR) is 111 cm³/mol. The lowest BCUT2D eigenvalue weighted by Gasteiger charge is -2.17. The lowest BCUT2D eigenvalue weighted by atomic mass is 10.1. The standard InChI is InChI=1S/C20H31ClN4O2/c1-22-20(25-14-15-27-16-8-4-2-3-5-9-16)24-13-12-23-19(26)17-10-6-7-11-18(17)21/h6-7,10-11,16H,2-5,8-9,12-15H2,1H3,(H,23,26)(H2,22,24,25). The van der Waals surface area contributed by atoms with Crippen LogP contribution in [0.25, 0.3) is 0 Å². The molecule has 1 amide bonds. The number of carbonyl (C=O) groups excluding carboxylic acids is 1. The Kier molecular flexibility index (Phi) is 10.0. The summed E-state index contributed by atoms with van der Waals surface area (Å²) in [7, 11) is 1.73. The average molecular weight is 395 g/mol. The van der Waals surface area contributed by atoms with E-state index in [0.29, 0.717) is 48.9 Å². The van der Waals surface area contributed by atoms with Gasteiger partial charge in [0, 0.05) is 26.7 Å². The van der Waals surface area contributed by atoms with Crippen LogP contribution in [0.3, 0.4) is 0 Å². The molecule has 2 rings (SSSR count). The topological polar surface area (TPSA) is 74.8 Å². The number of hydrogen-bond donors (Lipinski definition) is 3. The zero-order valence-corrected chi connectivity index (χ0v) is 16.9. The molecule has 1 saturated carbocycles. The third kappa shape index (κ3) is 8.18. The van der Waals surface area contributed by atoms with Crippen molar-refractivity contribution in [2.75, 3.05) is 33.3 Å². The number of halogens is 1. The summed E-state index contributed by atoms with van der Waals surface area (Å²) in [5, 5.41) is 9.70. The molecular weight excluding hydrogens is 364 g/mol. The van der Waals surface area contributed by atoms with Gasteiger partial charge in [0.25, 0.3) is 5.91 Å². The van der Waals surface area contributed by atoms with Crippen LogP contribution in [0.15, 0.2) is 29.3 Å². The number of benzene rings is 1. The highest BCUT2D eigenvalue weighted by Gasteiger charge is 2.12. The van der Waals surface area contributed by atoms with Crippen LogP contribution in [-0.4, -0.2) is 51.3 Å². The van der Waals surface area contributed by atoms with Crippen LogP contribution in [0.1, 0.15) is 48.9 Å². The summed E-state index contributed by atoms with van der Waals surface area (Å²) in [4.78, 5) is 16.3. The van der Waals surface area contributed by atoms with E-state index >= 15 is 0 Å². The zero-order chi connectivity index (χ0) is 19.3. The van der Waals surface area contributed by atoms with Crippen molar-refractivity contribution in [1.82, 2.24) is 16.0 Å². The first-order valence-electron chi connectivity index (χ1n) is 9.79. The molecule has 0 bridgehead atoms. The zero-order valence-electron chi connectivity index (χ0n) is 16.1. The van der Waals surface area contributed by atoms with Gasteiger partial charge in [0.15, 0.2) is 5.96 Å². The Morgan fingerprint density at radius 3 is 2.44 bits per heavy atom. The molecule has 0 aliphatic heterocycles. The lowest BCUT2D eigenvalue weighted by Crippen LogP contribution is -2.42. The first kappa shape index (κ1) is 21.5. The Bertz CT molecular complexity index is 601. The fourth-order valence-corrected chi connectivity index (χ4v) is 3.34. The van der Waals surface area contributed by atoms with Gasteiger partial charge in [0.05, 0.1) is 23.3 Å². The largest absolute Gasteiger partial charge is 0.376 e. The van der Waals surface area contributed by atoms with Crippen molar-refractivity contribution in [3.63, 3.8) is 0 Å². The van der Waals surface area contributed by atoms with Crippen molar-refractivity contribution in [2.45, 2.75) is 44.6 Å². The molecule has 150 valence electrons. The third-order valence-corrected chi connectivity index (χ3v) is 4.92. The van der Waals surface area contributed by atoms with E-state index in [-0.39, 0.29) is 5.91 Å². The number of nitrogens with one attached hydrogen (secondary N) is 3. The van der Waals surface area contributed by atoms with Gasteiger partial charge in [-0.2, -0.15) is 0 Å². The van der Waals surface area contributed by atoms with Crippen LogP contribution in [0.2, 0.25) is 5.02 Å². The molecule has 1 aromatic rings. The maximum absolute atomic E-state index is 12.1. The third-order valence-electron chi connectivity index (χ3n) is 4.60. The minimum absolute atomic E-state index is 0.179. The van der Waals surface area contributed by atoms with Crippen molar-refractivity contribution in [3.05, 3.63) is 34.9 Å². The molecule has 0 atom stereocenters. The quantitative estimate of drug-likeness (QED) is 0.274. The number of amides is 1. The fraction of sp³-hybridized carbons (Fsp3) is 0.600. The molecule has 1 aromatic carbocycles. The van der Waals surface area contributed by atoms with Gasteiger partial charge in [0.2, 0.25) is 0 Å². The summed E-state index contributed by atoms with van der Waals surface area (Å²) in [6.45, 7) is 2.43. The van der Waals surface area contributed by atoms with Crippen molar-refractivity contribution in [1.29, 1.82) is 0 Å². The number of rotatable bonds is 8. The second-order valence-corrected chi connectivity index (χ2v) is 7.05. The van der Waals surface area contributed by atoms with Gasteiger partial charge < -0.3 is 20.7 Å². The second-order valence-electron chi connectivity index (χ2n) is 6.65. The molecule has 3 N–H and O–H groups in total. The monoisotopic (exact) mass is 394 g/mol. The van der Waals surface area contributed by atoms with E-state index in [2.05, 4.69) is 20.9 Å². The molecule has 1 fully saturated rings. The highest BCUT2D eigenvalue weighted by atomic mass is 35.5. The van der Waals surface area contributed by atoms with Gasteiger partial charge >= 0.3 is 0 Å². The number of guanidine groups is 1. The van der Waals surface area contributed by atoms with Crippen LogP contribution in [-0.2, 0) is 4.74 Å². The second kappa shape index (κ2) is 12.6. The number of aliphatic imine (C=N–C) groups is 1. The summed E-state index contributed by atoms with van der Waals surface area (Å²) < 4.78 is 5.96. The van der Waals surface area contributed by atoms with Crippen LogP contribution < -0.4 is 16.0 Å². The van der Waals surface area contributed by atoms with E-state index in [9.17, 15) is 4.79 Å². The minimum atomic E-state index is -0.179. The molecule has 27 heavy (non-hydrogen) atoms. The Balaban J connectivity index is 1.57. The first-order valence-corrected chi connectivity index (χ1v) is 10.2. The Morgan fingerprint density at radius 2 is 1.74 bits per heavy atom. The normalized spacial score (nSPS) is 15.9. The molecule has 0 radical (unpaired) electrons. The van der Waals surface area contributed by atoms with Crippen LogP contribution in [0.5, 0.6) is 0 Å². The number of carbonyl (C=O) groups is 1. The van der Waals surface area contributed by atoms with E-state index in [4.69, 9.17) is 16.3 Å². The predicted octanol–water partition coefficient (Wildman–Crippen LogP) is 2.97. The maximum Gasteiger partial charge on any atom is 0.252 e. The lowest BCUT2D eigenvalue weighted by molar-refractivity contribution is 0.0468. The first-order chi connectivity index (χ1) is 13.2. The number of hydrogen-bond acceptors (Lipinski definition) is 3. The molecule has 0 saturated heterocycles. The van der Waals surface area contributed by atoms with Gasteiger partial charge in [-0.3, -0.25) is 9.79 Å². The van der Waals surface area contributed by atoms with E-state index in [1.807, 2.05) is 0 Å². The Labute approximate surface area is 167 Å². The molecule has 0 spiro atoms. The van der Waals surface area contributed by atoms with E-state index in [1.54, 1.807) is 31.3 Å². The van der Waals surface area contributed by atoms with Crippen LogP contribution in [0.4, 0.5) is 0 Å². The van der Waals surface area contributed by atoms with Gasteiger partial charge in [0.1, 0.15) is 0 Å². The molecule has 1 aliphatic rings. The van der Waals surface area contributed by atoms with Crippen molar-refractivity contribution >= 4 is 23.5 Å². The van der Waals surface area contributed by atoms with Crippen LogP contribution >= 0.6 is 11.6 Å². The molecule has 0 heterocycles. The SMILES string of the molecule is CN=C(NCCNC(=O)c1ccccc1Cl)NCCOC1CCCCCC1. The number of nitrogens with zero attached hydrogens (tertiary/aromatic N) is 1. The molecule has 1 aliphatic carbocycles.